The van der Waals surface area contributed by atoms with Gasteiger partial charge < -0.3 is 5.32 Å². The zero-order valence-electron chi connectivity index (χ0n) is 10.4. The fraction of sp³-hybridized carbons (Fsp3) is 0.0769. The van der Waals surface area contributed by atoms with E-state index >= 15 is 0 Å². The molecule has 0 amide bonds. The van der Waals surface area contributed by atoms with Crippen molar-refractivity contribution >= 4 is 38.9 Å². The molecule has 0 saturated heterocycles. The van der Waals surface area contributed by atoms with Gasteiger partial charge in [-0.05, 0) is 39.7 Å². The number of hydrogen-bond acceptors (Lipinski definition) is 3. The molecule has 0 saturated carbocycles. The lowest BCUT2D eigenvalue weighted by atomic mass is 10.2. The van der Waals surface area contributed by atoms with Crippen molar-refractivity contribution in [3.63, 3.8) is 0 Å². The fourth-order valence-corrected chi connectivity index (χ4v) is 2.24. The molecule has 0 radical (unpaired) electrons. The molecule has 21 heavy (non-hydrogen) atoms. The highest BCUT2D eigenvalue weighted by Crippen LogP contribution is 2.30. The Morgan fingerprint density at radius 1 is 1.29 bits per heavy atom. The van der Waals surface area contributed by atoms with Crippen LogP contribution in [0, 0.1) is 21.7 Å². The van der Waals surface area contributed by atoms with E-state index in [2.05, 4.69) is 21.2 Å². The van der Waals surface area contributed by atoms with Crippen LogP contribution < -0.4 is 5.32 Å². The summed E-state index contributed by atoms with van der Waals surface area (Å²) in [5.74, 6) is -2.43. The molecule has 4 nitrogen and oxygen atoms in total. The van der Waals surface area contributed by atoms with Gasteiger partial charge >= 0.3 is 0 Å². The smallest absolute Gasteiger partial charge is 0.295 e. The Morgan fingerprint density at radius 2 is 2.00 bits per heavy atom. The SMILES string of the molecule is O=[N+]([O-])c1ccc(F)c(F)c1NCc1ccc(Cl)c(Br)c1. The molecule has 2 rings (SSSR count). The number of hydrogen-bond donors (Lipinski definition) is 1. The third-order valence-electron chi connectivity index (χ3n) is 2.72. The molecule has 110 valence electrons. The van der Waals surface area contributed by atoms with Crippen LogP contribution in [0.5, 0.6) is 0 Å². The van der Waals surface area contributed by atoms with Gasteiger partial charge in [0.05, 0.1) is 9.95 Å². The quantitative estimate of drug-likeness (QED) is 0.609. The van der Waals surface area contributed by atoms with Gasteiger partial charge in [-0.25, -0.2) is 8.78 Å². The Balaban J connectivity index is 2.28. The maximum atomic E-state index is 13.7. The van der Waals surface area contributed by atoms with Crippen molar-refractivity contribution < 1.29 is 13.7 Å². The average molecular weight is 378 g/mol. The highest BCUT2D eigenvalue weighted by molar-refractivity contribution is 9.10. The number of halogens is 4. The average Bonchev–Trinajstić information content (AvgIpc) is 2.43. The Bertz CT molecular complexity index is 713. The molecule has 0 spiro atoms. The number of nitro groups is 1. The minimum absolute atomic E-state index is 0.0803. The lowest BCUT2D eigenvalue weighted by Gasteiger charge is -2.09. The van der Waals surface area contributed by atoms with Crippen molar-refractivity contribution in [1.82, 2.24) is 0 Å². The molecule has 2 aromatic rings. The molecule has 2 aromatic carbocycles. The molecule has 0 heterocycles. The predicted octanol–water partition coefficient (Wildman–Crippen LogP) is 4.90. The fourth-order valence-electron chi connectivity index (χ4n) is 1.70. The van der Waals surface area contributed by atoms with E-state index < -0.39 is 27.9 Å². The summed E-state index contributed by atoms with van der Waals surface area (Å²) in [7, 11) is 0. The first-order valence-corrected chi connectivity index (χ1v) is 6.87. The van der Waals surface area contributed by atoms with Crippen molar-refractivity contribution in [2.75, 3.05) is 5.32 Å². The third-order valence-corrected chi connectivity index (χ3v) is 3.94. The summed E-state index contributed by atoms with van der Waals surface area (Å²) in [5.41, 5.74) is -0.308. The van der Waals surface area contributed by atoms with E-state index in [9.17, 15) is 18.9 Å². The Kier molecular flexibility index (Phi) is 4.74. The molecule has 0 aliphatic carbocycles. The van der Waals surface area contributed by atoms with Gasteiger partial charge in [0.15, 0.2) is 17.3 Å². The summed E-state index contributed by atoms with van der Waals surface area (Å²) >= 11 is 9.08. The zero-order chi connectivity index (χ0) is 15.6. The number of nitrogens with zero attached hydrogens (tertiary/aromatic N) is 1. The Hall–Kier alpha value is -1.73. The van der Waals surface area contributed by atoms with Gasteiger partial charge in [0.25, 0.3) is 5.69 Å². The molecule has 0 bridgehead atoms. The van der Waals surface area contributed by atoms with E-state index in [-0.39, 0.29) is 6.54 Å². The van der Waals surface area contributed by atoms with Gasteiger partial charge in [0.2, 0.25) is 0 Å². The van der Waals surface area contributed by atoms with Crippen LogP contribution in [0.1, 0.15) is 5.56 Å². The van der Waals surface area contributed by atoms with Crippen LogP contribution in [0.25, 0.3) is 0 Å². The molecule has 0 aliphatic heterocycles. The van der Waals surface area contributed by atoms with E-state index in [1.54, 1.807) is 18.2 Å². The van der Waals surface area contributed by atoms with E-state index in [1.807, 2.05) is 0 Å². The molecule has 0 fully saturated rings. The molecule has 0 aliphatic rings. The van der Waals surface area contributed by atoms with E-state index in [0.717, 1.165) is 12.1 Å². The minimum atomic E-state index is -1.28. The van der Waals surface area contributed by atoms with Gasteiger partial charge in [-0.15, -0.1) is 0 Å². The predicted molar refractivity (Wildman–Crippen MR) is 79.5 cm³/mol. The molecule has 0 atom stereocenters. The first kappa shape index (κ1) is 15.7. The number of nitro benzene ring substituents is 1. The summed E-state index contributed by atoms with van der Waals surface area (Å²) in [5, 5.41) is 13.9. The maximum absolute atomic E-state index is 13.7. The highest BCUT2D eigenvalue weighted by atomic mass is 79.9. The third kappa shape index (κ3) is 3.48. The van der Waals surface area contributed by atoms with Gasteiger partial charge in [-0.1, -0.05) is 17.7 Å². The summed E-state index contributed by atoms with van der Waals surface area (Å²) in [6.45, 7) is 0.0803. The molecule has 8 heteroatoms. The maximum Gasteiger partial charge on any atom is 0.295 e. The minimum Gasteiger partial charge on any atom is -0.373 e. The van der Waals surface area contributed by atoms with Crippen LogP contribution in [0.15, 0.2) is 34.8 Å². The Labute approximate surface area is 132 Å². The Morgan fingerprint density at radius 3 is 2.62 bits per heavy atom. The second-order valence-corrected chi connectivity index (χ2v) is 5.38. The van der Waals surface area contributed by atoms with Crippen LogP contribution in [0.3, 0.4) is 0 Å². The number of nitrogens with one attached hydrogen (secondary N) is 1. The molecular weight excluding hydrogens is 370 g/mol. The second-order valence-electron chi connectivity index (χ2n) is 4.11. The van der Waals surface area contributed by atoms with Crippen molar-refractivity contribution in [2.45, 2.75) is 6.54 Å². The van der Waals surface area contributed by atoms with Gasteiger partial charge in [-0.2, -0.15) is 0 Å². The lowest BCUT2D eigenvalue weighted by molar-refractivity contribution is -0.384. The van der Waals surface area contributed by atoms with E-state index in [1.165, 1.54) is 0 Å². The van der Waals surface area contributed by atoms with Crippen LogP contribution in [-0.4, -0.2) is 4.92 Å². The normalized spacial score (nSPS) is 10.5. The van der Waals surface area contributed by atoms with Gasteiger partial charge in [0.1, 0.15) is 0 Å². The van der Waals surface area contributed by atoms with Crippen molar-refractivity contribution in [3.05, 3.63) is 67.1 Å². The summed E-state index contributed by atoms with van der Waals surface area (Å²) in [4.78, 5) is 10.1. The van der Waals surface area contributed by atoms with Crippen molar-refractivity contribution in [1.29, 1.82) is 0 Å². The largest absolute Gasteiger partial charge is 0.373 e. The number of benzene rings is 2. The molecule has 0 unspecified atom stereocenters. The first-order chi connectivity index (χ1) is 9.90. The van der Waals surface area contributed by atoms with Crippen LogP contribution >= 0.6 is 27.5 Å². The summed E-state index contributed by atoms with van der Waals surface area (Å²) in [6, 6.07) is 6.61. The van der Waals surface area contributed by atoms with Gasteiger partial charge in [0, 0.05) is 17.1 Å². The number of rotatable bonds is 4. The zero-order valence-corrected chi connectivity index (χ0v) is 12.7. The summed E-state index contributed by atoms with van der Waals surface area (Å²) < 4.78 is 27.5. The summed E-state index contributed by atoms with van der Waals surface area (Å²) in [6.07, 6.45) is 0. The van der Waals surface area contributed by atoms with Gasteiger partial charge in [-0.3, -0.25) is 10.1 Å². The van der Waals surface area contributed by atoms with Crippen LogP contribution in [-0.2, 0) is 6.54 Å². The molecule has 1 N–H and O–H groups in total. The standard InChI is InChI=1S/C13H8BrClF2N2O2/c14-8-5-7(1-2-9(8)15)6-18-13-11(19(20)21)4-3-10(16)12(13)17/h1-5,18H,6H2. The van der Waals surface area contributed by atoms with Crippen LogP contribution in [0.2, 0.25) is 5.02 Å². The molecular formula is C13H8BrClF2N2O2. The highest BCUT2D eigenvalue weighted by Gasteiger charge is 2.21. The molecule has 0 aromatic heterocycles. The lowest BCUT2D eigenvalue weighted by Crippen LogP contribution is -2.06. The van der Waals surface area contributed by atoms with Crippen molar-refractivity contribution in [3.8, 4) is 0 Å². The first-order valence-electron chi connectivity index (χ1n) is 5.70. The second kappa shape index (κ2) is 6.36. The van der Waals surface area contributed by atoms with E-state index in [4.69, 9.17) is 11.6 Å². The monoisotopic (exact) mass is 376 g/mol. The van der Waals surface area contributed by atoms with Crippen LogP contribution in [0.4, 0.5) is 20.2 Å². The van der Waals surface area contributed by atoms with E-state index in [0.29, 0.717) is 15.1 Å². The topological polar surface area (TPSA) is 55.2 Å². The number of anilines is 1. The van der Waals surface area contributed by atoms with Crippen molar-refractivity contribution in [2.24, 2.45) is 0 Å².